The number of carbonyl (C=O) groups excluding carboxylic acids is 1. The van der Waals surface area contributed by atoms with Crippen molar-refractivity contribution in [3.63, 3.8) is 0 Å². The lowest BCUT2D eigenvalue weighted by molar-refractivity contribution is -0.353. The zero-order valence-corrected chi connectivity index (χ0v) is 13.7. The molecule has 2 aliphatic rings. The fourth-order valence-electron chi connectivity index (χ4n) is 2.81. The molecular weight excluding hydrogens is 344 g/mol. The molecule has 2 aliphatic heterocycles. The Morgan fingerprint density at radius 1 is 0.960 bits per heavy atom. The predicted molar refractivity (Wildman–Crippen MR) is 76.8 cm³/mol. The van der Waals surface area contributed by atoms with E-state index in [1.54, 1.807) is 0 Å². The molecule has 0 saturated carbocycles. The Hall–Kier alpha value is -0.890. The number of rotatable bonds is 4. The Kier molecular flexibility index (Phi) is 6.70. The summed E-state index contributed by atoms with van der Waals surface area (Å²) in [7, 11) is 0. The highest BCUT2D eigenvalue weighted by Gasteiger charge is 2.51. The number of esters is 1. The van der Waals surface area contributed by atoms with Crippen LogP contribution >= 0.6 is 0 Å². The second-order valence-corrected chi connectivity index (χ2v) is 6.09. The van der Waals surface area contributed by atoms with Crippen LogP contribution in [0.4, 0.5) is 0 Å². The van der Waals surface area contributed by atoms with Gasteiger partial charge in [0.2, 0.25) is 0 Å². The van der Waals surface area contributed by atoms with Crippen molar-refractivity contribution in [3.05, 3.63) is 0 Å². The maximum atomic E-state index is 11.2. The summed E-state index contributed by atoms with van der Waals surface area (Å²) in [5, 5.41) is 58.9. The minimum Gasteiger partial charge on any atom is -0.454 e. The average Bonchev–Trinajstić information content (AvgIpc) is 2.55. The van der Waals surface area contributed by atoms with Crippen LogP contribution in [0.25, 0.3) is 0 Å². The topological polar surface area (TPSA) is 175 Å². The predicted octanol–water partition coefficient (Wildman–Crippen LogP) is -3.80. The Labute approximate surface area is 143 Å². The van der Waals surface area contributed by atoms with Crippen LogP contribution < -0.4 is 0 Å². The van der Waals surface area contributed by atoms with Gasteiger partial charge in [-0.25, -0.2) is 0 Å². The lowest BCUT2D eigenvalue weighted by Crippen LogP contribution is -2.64. The Morgan fingerprint density at radius 3 is 2.16 bits per heavy atom. The van der Waals surface area contributed by atoms with Crippen molar-refractivity contribution in [1.29, 1.82) is 0 Å². The molecule has 2 rings (SSSR count). The van der Waals surface area contributed by atoms with Crippen LogP contribution in [0.1, 0.15) is 13.8 Å². The molecule has 0 amide bonds. The molecule has 0 spiro atoms. The summed E-state index contributed by atoms with van der Waals surface area (Å²) in [6, 6.07) is 0. The van der Waals surface area contributed by atoms with Crippen molar-refractivity contribution < 1.29 is 54.4 Å². The van der Waals surface area contributed by atoms with Gasteiger partial charge in [-0.05, 0) is 6.92 Å². The molecule has 0 bridgehead atoms. The molecule has 11 nitrogen and oxygen atoms in total. The standard InChI is InChI=1S/C14H24O11/c1-4-7(17)9(19)12(23-5(2)16)14(22-4)25-11-8(18)6(3-15)24-13(21)10(11)20/h4,6-15,17-21H,3H2,1-2H3/t4-,6+,7-,8+,9+,10+,11-,12+,13?,14-/m0/s1. The van der Waals surface area contributed by atoms with E-state index in [-0.39, 0.29) is 0 Å². The minimum atomic E-state index is -1.74. The quantitative estimate of drug-likeness (QED) is 0.268. The maximum absolute atomic E-state index is 11.2. The highest BCUT2D eigenvalue weighted by molar-refractivity contribution is 5.66. The Bertz CT molecular complexity index is 460. The summed E-state index contributed by atoms with van der Waals surface area (Å²) in [6.45, 7) is 1.87. The molecule has 25 heavy (non-hydrogen) atoms. The van der Waals surface area contributed by atoms with Gasteiger partial charge < -0.3 is 49.6 Å². The molecule has 0 aliphatic carbocycles. The third-order valence-electron chi connectivity index (χ3n) is 4.22. The van der Waals surface area contributed by atoms with E-state index < -0.39 is 74.0 Å². The zero-order chi connectivity index (χ0) is 18.9. The molecule has 10 atom stereocenters. The summed E-state index contributed by atoms with van der Waals surface area (Å²) in [6.07, 6.45) is -14.4. The van der Waals surface area contributed by atoms with Crippen molar-refractivity contribution in [2.45, 2.75) is 75.3 Å². The van der Waals surface area contributed by atoms with Gasteiger partial charge in [0.15, 0.2) is 18.7 Å². The van der Waals surface area contributed by atoms with Crippen molar-refractivity contribution in [1.82, 2.24) is 0 Å². The van der Waals surface area contributed by atoms with E-state index >= 15 is 0 Å². The second kappa shape index (κ2) is 8.20. The highest BCUT2D eigenvalue weighted by Crippen LogP contribution is 2.29. The third-order valence-corrected chi connectivity index (χ3v) is 4.22. The van der Waals surface area contributed by atoms with Gasteiger partial charge in [0.05, 0.1) is 12.7 Å². The van der Waals surface area contributed by atoms with E-state index in [1.807, 2.05) is 0 Å². The molecule has 0 aromatic heterocycles. The summed E-state index contributed by atoms with van der Waals surface area (Å²) in [5.41, 5.74) is 0. The van der Waals surface area contributed by atoms with Crippen LogP contribution in [0.5, 0.6) is 0 Å². The molecule has 0 aromatic rings. The molecule has 146 valence electrons. The lowest BCUT2D eigenvalue weighted by atomic mass is 9.97. The summed E-state index contributed by atoms with van der Waals surface area (Å²) < 4.78 is 20.6. The number of aliphatic hydroxyl groups is 6. The van der Waals surface area contributed by atoms with Gasteiger partial charge in [0.1, 0.15) is 36.6 Å². The Morgan fingerprint density at radius 2 is 1.60 bits per heavy atom. The second-order valence-electron chi connectivity index (χ2n) is 6.09. The van der Waals surface area contributed by atoms with Gasteiger partial charge in [-0.15, -0.1) is 0 Å². The fourth-order valence-corrected chi connectivity index (χ4v) is 2.81. The first-order valence-corrected chi connectivity index (χ1v) is 7.82. The molecule has 2 saturated heterocycles. The number of hydrogen-bond acceptors (Lipinski definition) is 11. The molecule has 1 unspecified atom stereocenters. The van der Waals surface area contributed by atoms with Gasteiger partial charge in [-0.1, -0.05) is 0 Å². The van der Waals surface area contributed by atoms with Crippen LogP contribution in [0, 0.1) is 0 Å². The summed E-state index contributed by atoms with van der Waals surface area (Å²) in [5.74, 6) is -0.774. The first kappa shape index (κ1) is 20.4. The molecule has 2 heterocycles. The smallest absolute Gasteiger partial charge is 0.303 e. The first-order valence-electron chi connectivity index (χ1n) is 7.82. The zero-order valence-electron chi connectivity index (χ0n) is 13.7. The molecule has 0 radical (unpaired) electrons. The van der Waals surface area contributed by atoms with Crippen LogP contribution in [0.15, 0.2) is 0 Å². The maximum Gasteiger partial charge on any atom is 0.303 e. The van der Waals surface area contributed by atoms with Crippen molar-refractivity contribution >= 4 is 5.97 Å². The van der Waals surface area contributed by atoms with Crippen LogP contribution in [0.2, 0.25) is 0 Å². The van der Waals surface area contributed by atoms with E-state index in [0.29, 0.717) is 0 Å². The van der Waals surface area contributed by atoms with Gasteiger partial charge >= 0.3 is 5.97 Å². The fraction of sp³-hybridized carbons (Fsp3) is 0.929. The molecule has 11 heteroatoms. The molecule has 2 fully saturated rings. The Balaban J connectivity index is 2.19. The monoisotopic (exact) mass is 368 g/mol. The van der Waals surface area contributed by atoms with Crippen LogP contribution in [-0.4, -0.2) is 105 Å². The molecule has 0 aromatic carbocycles. The van der Waals surface area contributed by atoms with E-state index in [0.717, 1.165) is 6.92 Å². The van der Waals surface area contributed by atoms with E-state index in [4.69, 9.17) is 18.9 Å². The van der Waals surface area contributed by atoms with Crippen molar-refractivity contribution in [2.24, 2.45) is 0 Å². The highest BCUT2D eigenvalue weighted by atomic mass is 16.7. The minimum absolute atomic E-state index is 0.651. The van der Waals surface area contributed by atoms with Crippen LogP contribution in [-0.2, 0) is 23.7 Å². The molecule has 6 N–H and O–H groups in total. The van der Waals surface area contributed by atoms with Gasteiger partial charge in [-0.2, -0.15) is 0 Å². The largest absolute Gasteiger partial charge is 0.454 e. The SMILES string of the molecule is CC(=O)O[C@H]1[C@H](O[C@H]2[C@H](O)[C@@H](CO)OC(O)[C@@H]2O)O[C@@H](C)[C@H](O)[C@H]1O. The third kappa shape index (κ3) is 4.27. The number of aliphatic hydroxyl groups excluding tert-OH is 6. The van der Waals surface area contributed by atoms with E-state index in [2.05, 4.69) is 0 Å². The normalized spacial score (nSPS) is 48.2. The van der Waals surface area contributed by atoms with Gasteiger partial charge in [-0.3, -0.25) is 4.79 Å². The van der Waals surface area contributed by atoms with Gasteiger partial charge in [0, 0.05) is 6.92 Å². The summed E-state index contributed by atoms with van der Waals surface area (Å²) >= 11 is 0. The lowest BCUT2D eigenvalue weighted by Gasteiger charge is -2.45. The first-order chi connectivity index (χ1) is 11.7. The van der Waals surface area contributed by atoms with E-state index in [1.165, 1.54) is 6.92 Å². The number of hydrogen-bond donors (Lipinski definition) is 6. The van der Waals surface area contributed by atoms with Crippen LogP contribution in [0.3, 0.4) is 0 Å². The van der Waals surface area contributed by atoms with Crippen molar-refractivity contribution in [3.8, 4) is 0 Å². The van der Waals surface area contributed by atoms with E-state index in [9.17, 15) is 35.4 Å². The average molecular weight is 368 g/mol. The van der Waals surface area contributed by atoms with Crippen molar-refractivity contribution in [2.75, 3.05) is 6.61 Å². The molecular formula is C14H24O11. The van der Waals surface area contributed by atoms with Gasteiger partial charge in [0.25, 0.3) is 0 Å². The number of carbonyl (C=O) groups is 1. The number of ether oxygens (including phenoxy) is 4. The summed E-state index contributed by atoms with van der Waals surface area (Å²) in [4.78, 5) is 11.2.